The fourth-order valence-electron chi connectivity index (χ4n) is 4.90. The smallest absolute Gasteiger partial charge is 0.176 e. The van der Waals surface area contributed by atoms with Gasteiger partial charge in [-0.3, -0.25) is 0 Å². The number of nitrogens with two attached hydrogens (primary N) is 2. The van der Waals surface area contributed by atoms with E-state index in [1.807, 2.05) is 43.4 Å². The Morgan fingerprint density at radius 2 is 1.91 bits per heavy atom. The second-order valence-corrected chi connectivity index (χ2v) is 10.4. The molecule has 35 heavy (non-hydrogen) atoms. The second-order valence-electron chi connectivity index (χ2n) is 9.66. The van der Waals surface area contributed by atoms with Gasteiger partial charge in [-0.05, 0) is 49.9 Å². The summed E-state index contributed by atoms with van der Waals surface area (Å²) in [5, 5.41) is 3.07. The number of likely N-dealkylation sites (tertiary alicyclic amines) is 1. The number of likely N-dealkylation sites (N-methyl/N-ethyl adjacent to an activating group) is 1. The predicted molar refractivity (Wildman–Crippen MR) is 144 cm³/mol. The van der Waals surface area contributed by atoms with E-state index < -0.39 is 5.41 Å². The number of halogens is 2. The minimum atomic E-state index is -0.425. The number of hydrogen-bond donors (Lipinski definition) is 2. The van der Waals surface area contributed by atoms with Crippen LogP contribution in [0.5, 0.6) is 5.75 Å². The van der Waals surface area contributed by atoms with Crippen molar-refractivity contribution in [3.8, 4) is 5.75 Å². The predicted octanol–water partition coefficient (Wildman–Crippen LogP) is 5.32. The molecular weight excluding hydrogens is 481 g/mol. The Balaban J connectivity index is 1.76. The summed E-state index contributed by atoms with van der Waals surface area (Å²) in [5.41, 5.74) is 9.33. The fraction of sp³-hybridized carbons (Fsp3) is 0.370. The van der Waals surface area contributed by atoms with E-state index in [-0.39, 0.29) is 5.15 Å². The van der Waals surface area contributed by atoms with Gasteiger partial charge >= 0.3 is 0 Å². The quantitative estimate of drug-likeness (QED) is 0.241. The monoisotopic (exact) mass is 513 g/mol. The zero-order valence-electron chi connectivity index (χ0n) is 20.6. The molecule has 0 bridgehead atoms. The van der Waals surface area contributed by atoms with Crippen LogP contribution in [0.4, 0.5) is 0 Å². The molecule has 1 aromatic heterocycles. The maximum atomic E-state index is 6.87. The number of rotatable bonds is 8. The third kappa shape index (κ3) is 4.81. The molecule has 6 nitrogen and oxygen atoms in total. The van der Waals surface area contributed by atoms with E-state index in [0.29, 0.717) is 34.9 Å². The minimum absolute atomic E-state index is 0.241. The molecule has 1 aliphatic rings. The van der Waals surface area contributed by atoms with Gasteiger partial charge in [-0.1, -0.05) is 59.6 Å². The van der Waals surface area contributed by atoms with E-state index >= 15 is 0 Å². The number of benzene rings is 2. The molecule has 1 fully saturated rings. The van der Waals surface area contributed by atoms with Crippen LogP contribution in [0.3, 0.4) is 0 Å². The lowest BCUT2D eigenvalue weighted by atomic mass is 9.65. The highest BCUT2D eigenvalue weighted by Crippen LogP contribution is 2.46. The first kappa shape index (κ1) is 25.6. The van der Waals surface area contributed by atoms with Crippen molar-refractivity contribution >= 4 is 34.1 Å². The van der Waals surface area contributed by atoms with Crippen molar-refractivity contribution in [2.75, 3.05) is 20.1 Å². The average molecular weight is 515 g/mol. The van der Waals surface area contributed by atoms with E-state index in [9.17, 15) is 0 Å². The number of hydrazine groups is 1. The number of hydrogen-bond acceptors (Lipinski definition) is 6. The second kappa shape index (κ2) is 10.2. The molecule has 0 amide bonds. The molecule has 186 valence electrons. The Morgan fingerprint density at radius 3 is 2.51 bits per heavy atom. The van der Waals surface area contributed by atoms with Crippen LogP contribution in [0.2, 0.25) is 10.2 Å². The van der Waals surface area contributed by atoms with Crippen molar-refractivity contribution in [1.29, 1.82) is 0 Å². The maximum Gasteiger partial charge on any atom is 0.176 e. The number of nitrogens with zero attached hydrogens (tertiary/aromatic N) is 3. The highest BCUT2D eigenvalue weighted by atomic mass is 35.5. The lowest BCUT2D eigenvalue weighted by molar-refractivity contribution is 0.0239. The van der Waals surface area contributed by atoms with Crippen LogP contribution >= 0.6 is 23.2 Å². The summed E-state index contributed by atoms with van der Waals surface area (Å²) in [6, 6.07) is 16.4. The van der Waals surface area contributed by atoms with E-state index in [1.54, 1.807) is 11.2 Å². The Kier molecular flexibility index (Phi) is 7.48. The van der Waals surface area contributed by atoms with Crippen molar-refractivity contribution < 1.29 is 4.74 Å². The first-order valence-electron chi connectivity index (χ1n) is 11.8. The standard InChI is InChI=1S/C27H33Cl2N5O/c1-17(2)34-14-20(15-34)27(3,23(13-30)33(4)31)19-10-11-22-21(12-19)24(28)25(26(29)32-22)35-16-18-8-6-5-7-9-18/h5-13,17,20H,14-16,30-31H2,1-4H3/b23-13-. The SMILES string of the molecule is CC(C)N1CC(C(C)(/C(=C/N)N(C)N)c2ccc3nc(Cl)c(OCc4ccccc4)c(Cl)c3c2)C1. The summed E-state index contributed by atoms with van der Waals surface area (Å²) in [4.78, 5) is 7.00. The van der Waals surface area contributed by atoms with Gasteiger partial charge in [0.15, 0.2) is 10.9 Å². The van der Waals surface area contributed by atoms with Gasteiger partial charge in [0.05, 0.1) is 16.2 Å². The van der Waals surface area contributed by atoms with Gasteiger partial charge in [0.25, 0.3) is 0 Å². The normalized spacial score (nSPS) is 16.9. The van der Waals surface area contributed by atoms with Gasteiger partial charge in [-0.25, -0.2) is 10.8 Å². The number of allylic oxidation sites excluding steroid dienone is 1. The molecule has 0 radical (unpaired) electrons. The number of ether oxygens (including phenoxy) is 1. The lowest BCUT2D eigenvalue weighted by Crippen LogP contribution is -2.59. The van der Waals surface area contributed by atoms with Gasteiger partial charge in [0.1, 0.15) is 6.61 Å². The highest BCUT2D eigenvalue weighted by Gasteiger charge is 2.47. The average Bonchev–Trinajstić information content (AvgIpc) is 2.78. The zero-order chi connectivity index (χ0) is 25.3. The van der Waals surface area contributed by atoms with Crippen LogP contribution in [-0.4, -0.2) is 41.1 Å². The third-order valence-electron chi connectivity index (χ3n) is 7.19. The topological polar surface area (TPSA) is 80.6 Å². The van der Waals surface area contributed by atoms with Crippen LogP contribution in [0.25, 0.3) is 10.9 Å². The molecule has 8 heteroatoms. The van der Waals surface area contributed by atoms with E-state index in [0.717, 1.165) is 35.3 Å². The summed E-state index contributed by atoms with van der Waals surface area (Å²) in [6.07, 6.45) is 1.61. The third-order valence-corrected chi connectivity index (χ3v) is 7.82. The van der Waals surface area contributed by atoms with E-state index in [2.05, 4.69) is 42.8 Å². The maximum absolute atomic E-state index is 6.87. The Labute approximate surface area is 217 Å². The molecule has 1 saturated heterocycles. The van der Waals surface area contributed by atoms with Gasteiger partial charge < -0.3 is 20.4 Å². The van der Waals surface area contributed by atoms with E-state index in [4.69, 9.17) is 39.5 Å². The van der Waals surface area contributed by atoms with Gasteiger partial charge in [-0.15, -0.1) is 0 Å². The van der Waals surface area contributed by atoms with Gasteiger partial charge in [0, 0.05) is 43.2 Å². The van der Waals surface area contributed by atoms with Crippen molar-refractivity contribution in [2.24, 2.45) is 17.5 Å². The molecule has 1 aliphatic heterocycles. The molecule has 2 heterocycles. The largest absolute Gasteiger partial charge is 0.484 e. The molecule has 0 spiro atoms. The van der Waals surface area contributed by atoms with Crippen LogP contribution in [0, 0.1) is 5.92 Å². The molecule has 4 rings (SSSR count). The molecule has 1 atom stereocenters. The molecule has 4 N–H and O–H groups in total. The summed E-state index contributed by atoms with van der Waals surface area (Å²) in [6.45, 7) is 8.87. The van der Waals surface area contributed by atoms with Crippen molar-refractivity contribution in [1.82, 2.24) is 14.9 Å². The summed E-state index contributed by atoms with van der Waals surface area (Å²) < 4.78 is 6.02. The van der Waals surface area contributed by atoms with Gasteiger partial charge in [-0.2, -0.15) is 0 Å². The van der Waals surface area contributed by atoms with Crippen LogP contribution in [0.15, 0.2) is 60.4 Å². The molecule has 3 aromatic rings. The molecule has 0 saturated carbocycles. The number of pyridine rings is 1. The van der Waals surface area contributed by atoms with Crippen LogP contribution < -0.4 is 16.3 Å². The Hall–Kier alpha value is -2.51. The van der Waals surface area contributed by atoms with Crippen LogP contribution in [-0.2, 0) is 12.0 Å². The Morgan fingerprint density at radius 1 is 1.23 bits per heavy atom. The summed E-state index contributed by atoms with van der Waals surface area (Å²) in [7, 11) is 1.82. The number of aromatic nitrogens is 1. The minimum Gasteiger partial charge on any atom is -0.484 e. The highest BCUT2D eigenvalue weighted by molar-refractivity contribution is 6.40. The summed E-state index contributed by atoms with van der Waals surface area (Å²) >= 11 is 13.3. The van der Waals surface area contributed by atoms with Crippen molar-refractivity contribution in [2.45, 2.75) is 38.8 Å². The summed E-state index contributed by atoms with van der Waals surface area (Å²) in [5.74, 6) is 6.97. The Bertz CT molecular complexity index is 1230. The molecule has 0 aliphatic carbocycles. The first-order valence-corrected chi connectivity index (χ1v) is 12.5. The first-order chi connectivity index (χ1) is 16.7. The van der Waals surface area contributed by atoms with Crippen molar-refractivity contribution in [3.05, 3.63) is 81.7 Å². The molecule has 1 unspecified atom stereocenters. The van der Waals surface area contributed by atoms with Gasteiger partial charge in [0.2, 0.25) is 0 Å². The van der Waals surface area contributed by atoms with E-state index in [1.165, 1.54) is 0 Å². The van der Waals surface area contributed by atoms with Crippen molar-refractivity contribution in [3.63, 3.8) is 0 Å². The van der Waals surface area contributed by atoms with Crippen LogP contribution in [0.1, 0.15) is 31.9 Å². The molecular formula is C27H33Cl2N5O. The lowest BCUT2D eigenvalue weighted by Gasteiger charge is -2.52. The number of fused-ring (bicyclic) bond motifs is 1. The molecule has 2 aromatic carbocycles. The zero-order valence-corrected chi connectivity index (χ0v) is 22.1. The fourth-order valence-corrected chi connectivity index (χ4v) is 5.49.